The quantitative estimate of drug-likeness (QED) is 0.0317. The van der Waals surface area contributed by atoms with Crippen molar-refractivity contribution in [2.75, 3.05) is 25.6 Å². The van der Waals surface area contributed by atoms with Gasteiger partial charge in [0.25, 0.3) is 11.8 Å². The van der Waals surface area contributed by atoms with Crippen LogP contribution in [0.2, 0.25) is 0 Å². The molecule has 0 aromatic heterocycles. The first kappa shape index (κ1) is 61.7. The first-order valence-electron chi connectivity index (χ1n) is 27.8. The number of benzene rings is 5. The molecule has 20 nitrogen and oxygen atoms in total. The molecule has 0 saturated carbocycles. The molecule has 446 valence electrons. The minimum atomic E-state index is -1.84. The smallest absolute Gasteiger partial charge is 0.303 e. The van der Waals surface area contributed by atoms with Crippen LogP contribution >= 0.6 is 11.8 Å². The third kappa shape index (κ3) is 15.7. The number of fused-ring (bicyclic) bond motifs is 1. The molecule has 4 heterocycles. The molecule has 21 heteroatoms. The highest BCUT2D eigenvalue weighted by Gasteiger charge is 2.60. The summed E-state index contributed by atoms with van der Waals surface area (Å²) < 4.78 is 85.1. The molecule has 14 atom stereocenters. The van der Waals surface area contributed by atoms with E-state index in [1.807, 2.05) is 128 Å². The van der Waals surface area contributed by atoms with Crippen molar-refractivity contribution in [2.24, 2.45) is 0 Å². The lowest BCUT2D eigenvalue weighted by Gasteiger charge is -2.52. The standard InChI is InChI=1S/C63H69NO19S/c1-6-84-63-51(64-59(69)46-29-19-20-30-47(46)60(64)70)55(83-62-58(79-41(5)68)56(78-40(4)67)54(77-39(3)66)50(80-62)37-72-38(2)65)53(49(81-63)35-71-31-42-21-11-7-12-22-42)82-61-57(75-34-45-27-17-10-18-28-45)52(74-33-44-25-15-9-16-26-44)48(36-76-61)73-32-43-23-13-8-14-24-43/h7-30,48-58,61-63H,6,31-37H2,1-5H3/t48-,49-,50-,51-,52-,53-,54+,55-,56+,57+,58-,61+,62+,63+/m1/s1. The fourth-order valence-corrected chi connectivity index (χ4v) is 11.6. The van der Waals surface area contributed by atoms with E-state index in [1.165, 1.54) is 11.8 Å². The molecule has 4 aliphatic rings. The highest BCUT2D eigenvalue weighted by Crippen LogP contribution is 2.42. The zero-order chi connectivity index (χ0) is 59.1. The van der Waals surface area contributed by atoms with E-state index in [2.05, 4.69) is 0 Å². The molecule has 84 heavy (non-hydrogen) atoms. The number of carbonyl (C=O) groups is 6. The fraction of sp³-hybridized carbons (Fsp3) is 0.429. The van der Waals surface area contributed by atoms with Crippen LogP contribution in [-0.2, 0) is 107 Å². The highest BCUT2D eigenvalue weighted by molar-refractivity contribution is 7.99. The Balaban J connectivity index is 1.19. The lowest BCUT2D eigenvalue weighted by Crippen LogP contribution is -2.70. The van der Waals surface area contributed by atoms with Crippen LogP contribution in [0.1, 0.15) is 77.6 Å². The molecule has 0 radical (unpaired) electrons. The van der Waals surface area contributed by atoms with Crippen LogP contribution < -0.4 is 0 Å². The Labute approximate surface area is 491 Å². The van der Waals surface area contributed by atoms with Crippen molar-refractivity contribution in [3.05, 3.63) is 179 Å². The summed E-state index contributed by atoms with van der Waals surface area (Å²) in [5.74, 6) is -4.30. The van der Waals surface area contributed by atoms with Crippen LogP contribution in [-0.4, -0.2) is 151 Å². The van der Waals surface area contributed by atoms with Crippen molar-refractivity contribution in [1.82, 2.24) is 4.90 Å². The molecule has 9 rings (SSSR count). The molecule has 0 aliphatic carbocycles. The summed E-state index contributed by atoms with van der Waals surface area (Å²) in [6.45, 7) is 5.98. The molecule has 0 spiro atoms. The van der Waals surface area contributed by atoms with Gasteiger partial charge in [0, 0.05) is 27.7 Å². The minimum Gasteiger partial charge on any atom is -0.463 e. The van der Waals surface area contributed by atoms with E-state index in [4.69, 9.17) is 61.6 Å². The molecule has 5 aromatic carbocycles. The van der Waals surface area contributed by atoms with E-state index < -0.39 is 127 Å². The van der Waals surface area contributed by atoms with Crippen LogP contribution in [0.5, 0.6) is 0 Å². The molecule has 5 aromatic rings. The number of carbonyl (C=O) groups excluding carboxylic acids is 6. The minimum absolute atomic E-state index is 0.0493. The number of rotatable bonds is 25. The van der Waals surface area contributed by atoms with Gasteiger partial charge in [-0.3, -0.25) is 33.7 Å². The van der Waals surface area contributed by atoms with Gasteiger partial charge in [0.15, 0.2) is 30.9 Å². The SMILES string of the molecule is CCS[C@@H]1O[C@H](COCc2ccccc2)[C@@H](O[C@@H]2OC[C@@H](OCc3ccccc3)[C@@H](OCc3ccccc3)[C@@H]2OCc2ccccc2)[C@H](O[C@@H]2O[C@H](COC(C)=O)[C@H](OC(C)=O)[C@H](OC(C)=O)[C@H]2OC(C)=O)[C@H]1N1C(=O)c2ccccc2C1=O. The van der Waals surface area contributed by atoms with Gasteiger partial charge in [-0.05, 0) is 40.1 Å². The van der Waals surface area contributed by atoms with Crippen molar-refractivity contribution in [2.45, 2.75) is 146 Å². The molecule has 0 N–H and O–H groups in total. The molecule has 4 aliphatic heterocycles. The van der Waals surface area contributed by atoms with Gasteiger partial charge in [0.1, 0.15) is 60.8 Å². The first-order valence-corrected chi connectivity index (χ1v) is 28.9. The second-order valence-corrected chi connectivity index (χ2v) is 21.7. The third-order valence-electron chi connectivity index (χ3n) is 14.3. The zero-order valence-electron chi connectivity index (χ0n) is 47.2. The van der Waals surface area contributed by atoms with Crippen LogP contribution in [0.15, 0.2) is 146 Å². The average molecular weight is 1180 g/mol. The monoisotopic (exact) mass is 1180 g/mol. The van der Waals surface area contributed by atoms with E-state index in [0.29, 0.717) is 5.75 Å². The van der Waals surface area contributed by atoms with Crippen molar-refractivity contribution in [1.29, 1.82) is 0 Å². The summed E-state index contributed by atoms with van der Waals surface area (Å²) in [4.78, 5) is 82.8. The number of nitrogens with zero attached hydrogens (tertiary/aromatic N) is 1. The van der Waals surface area contributed by atoms with E-state index in [-0.39, 0.29) is 50.8 Å². The lowest BCUT2D eigenvalue weighted by molar-refractivity contribution is -0.361. The topological polar surface area (TPSA) is 226 Å². The number of ether oxygens (including phenoxy) is 13. The molecular formula is C63H69NO19S. The fourth-order valence-electron chi connectivity index (χ4n) is 10.6. The van der Waals surface area contributed by atoms with E-state index in [9.17, 15) is 19.2 Å². The number of thioether (sulfide) groups is 1. The van der Waals surface area contributed by atoms with Gasteiger partial charge in [-0.1, -0.05) is 140 Å². The molecule has 0 unspecified atom stereocenters. The van der Waals surface area contributed by atoms with Crippen LogP contribution in [0.25, 0.3) is 0 Å². The number of imide groups is 1. The Bertz CT molecular complexity index is 2940. The molecule has 0 bridgehead atoms. The number of amides is 2. The maximum absolute atomic E-state index is 15.0. The van der Waals surface area contributed by atoms with Crippen LogP contribution in [0.4, 0.5) is 0 Å². The van der Waals surface area contributed by atoms with Crippen molar-refractivity contribution >= 4 is 47.5 Å². The van der Waals surface area contributed by atoms with Crippen molar-refractivity contribution in [3.8, 4) is 0 Å². The largest absolute Gasteiger partial charge is 0.463 e. The van der Waals surface area contributed by atoms with Crippen molar-refractivity contribution in [3.63, 3.8) is 0 Å². The summed E-state index contributed by atoms with van der Waals surface area (Å²) >= 11 is 1.27. The van der Waals surface area contributed by atoms with Gasteiger partial charge in [-0.25, -0.2) is 0 Å². The van der Waals surface area contributed by atoms with Crippen LogP contribution in [0, 0.1) is 0 Å². The summed E-state index contributed by atoms with van der Waals surface area (Å²) in [5.41, 5.74) is 2.56. The normalized spacial score (nSPS) is 27.6. The van der Waals surface area contributed by atoms with Gasteiger partial charge in [-0.2, -0.15) is 0 Å². The van der Waals surface area contributed by atoms with Gasteiger partial charge >= 0.3 is 23.9 Å². The van der Waals surface area contributed by atoms with Gasteiger partial charge in [0.2, 0.25) is 0 Å². The van der Waals surface area contributed by atoms with E-state index in [1.54, 1.807) is 24.3 Å². The molecule has 3 saturated heterocycles. The van der Waals surface area contributed by atoms with Gasteiger partial charge in [-0.15, -0.1) is 11.8 Å². The second kappa shape index (κ2) is 29.8. The maximum Gasteiger partial charge on any atom is 0.303 e. The predicted octanol–water partition coefficient (Wildman–Crippen LogP) is 7.31. The number of esters is 4. The summed E-state index contributed by atoms with van der Waals surface area (Å²) in [6, 6.07) is 43.1. The Kier molecular flexibility index (Phi) is 21.8. The van der Waals surface area contributed by atoms with Gasteiger partial charge in [0.05, 0.1) is 50.8 Å². The van der Waals surface area contributed by atoms with E-state index >= 15 is 9.59 Å². The maximum atomic E-state index is 15.0. The highest BCUT2D eigenvalue weighted by atomic mass is 32.2. The summed E-state index contributed by atoms with van der Waals surface area (Å²) in [5, 5.41) is 0. The Hall–Kier alpha value is -6.89. The second-order valence-electron chi connectivity index (χ2n) is 20.3. The first-order chi connectivity index (χ1) is 40.8. The number of hydrogen-bond acceptors (Lipinski definition) is 20. The zero-order valence-corrected chi connectivity index (χ0v) is 48.0. The Morgan fingerprint density at radius 1 is 0.488 bits per heavy atom. The average Bonchev–Trinajstić information content (AvgIpc) is 1.65. The molecular weight excluding hydrogens is 1110 g/mol. The molecule has 3 fully saturated rings. The van der Waals surface area contributed by atoms with Gasteiger partial charge < -0.3 is 61.6 Å². The third-order valence-corrected chi connectivity index (χ3v) is 15.3. The predicted molar refractivity (Wildman–Crippen MR) is 300 cm³/mol. The molecule has 2 amide bonds. The summed E-state index contributed by atoms with van der Waals surface area (Å²) in [7, 11) is 0. The van der Waals surface area contributed by atoms with E-state index in [0.717, 1.165) is 54.8 Å². The number of hydrogen-bond donors (Lipinski definition) is 0. The van der Waals surface area contributed by atoms with Crippen molar-refractivity contribution < 1.29 is 90.3 Å². The Morgan fingerprint density at radius 2 is 0.952 bits per heavy atom. The lowest BCUT2D eigenvalue weighted by atomic mass is 9.94. The Morgan fingerprint density at radius 3 is 1.48 bits per heavy atom. The summed E-state index contributed by atoms with van der Waals surface area (Å²) in [6.07, 6.45) is -16.6. The van der Waals surface area contributed by atoms with Crippen LogP contribution in [0.3, 0.4) is 0 Å².